The Balaban J connectivity index is 3.19. The van der Waals surface area contributed by atoms with Gasteiger partial charge in [0.15, 0.2) is 11.5 Å². The lowest BCUT2D eigenvalue weighted by atomic mass is 10.1. The van der Waals surface area contributed by atoms with E-state index in [1.807, 2.05) is 0 Å². The molecule has 0 bridgehead atoms. The third kappa shape index (κ3) is 3.83. The molecule has 8 nitrogen and oxygen atoms in total. The third-order valence-electron chi connectivity index (χ3n) is 2.92. The summed E-state index contributed by atoms with van der Waals surface area (Å²) in [7, 11) is -1.30. The van der Waals surface area contributed by atoms with Crippen LogP contribution in [0.5, 0.6) is 11.5 Å². The summed E-state index contributed by atoms with van der Waals surface area (Å²) in [6, 6.07) is 3.92. The molecule has 0 aliphatic heterocycles. The zero-order valence-corrected chi connectivity index (χ0v) is 12.6. The summed E-state index contributed by atoms with van der Waals surface area (Å²) in [5.74, 6) is 0.567. The summed E-state index contributed by atoms with van der Waals surface area (Å²) in [5, 5.41) is 27.5. The van der Waals surface area contributed by atoms with Gasteiger partial charge in [0.1, 0.15) is 5.54 Å². The van der Waals surface area contributed by atoms with Crippen molar-refractivity contribution in [2.75, 3.05) is 34.0 Å². The number of aliphatic hydroxyl groups is 3. The van der Waals surface area contributed by atoms with Crippen LogP contribution in [0.4, 0.5) is 0 Å². The van der Waals surface area contributed by atoms with Gasteiger partial charge in [0.2, 0.25) is 10.0 Å². The second-order valence-corrected chi connectivity index (χ2v) is 6.06. The Kier molecular flexibility index (Phi) is 5.93. The smallest absolute Gasteiger partial charge is 0.241 e. The number of aliphatic hydroxyl groups excluding tert-OH is 3. The quantitative estimate of drug-likeness (QED) is 0.469. The molecule has 4 N–H and O–H groups in total. The number of rotatable bonds is 8. The summed E-state index contributed by atoms with van der Waals surface area (Å²) < 4.78 is 36.6. The maximum atomic E-state index is 12.3. The van der Waals surface area contributed by atoms with Crippen LogP contribution in [0.1, 0.15) is 0 Å². The molecular weight excluding hydrogens is 302 g/mol. The number of hydrogen-bond donors (Lipinski definition) is 4. The van der Waals surface area contributed by atoms with Gasteiger partial charge in [-0.25, -0.2) is 8.42 Å². The Morgan fingerprint density at radius 3 is 2.00 bits per heavy atom. The molecule has 0 radical (unpaired) electrons. The Hall–Kier alpha value is -1.39. The molecule has 0 heterocycles. The molecule has 0 aliphatic carbocycles. The third-order valence-corrected chi connectivity index (χ3v) is 4.50. The monoisotopic (exact) mass is 321 g/mol. The van der Waals surface area contributed by atoms with Gasteiger partial charge in [0.05, 0.1) is 38.9 Å². The fraction of sp³-hybridized carbons (Fsp3) is 0.500. The molecule has 0 atom stereocenters. The fourth-order valence-electron chi connectivity index (χ4n) is 1.57. The summed E-state index contributed by atoms with van der Waals surface area (Å²) in [6.45, 7) is -2.27. The molecule has 0 saturated heterocycles. The number of ether oxygens (including phenoxy) is 2. The minimum Gasteiger partial charge on any atom is -0.493 e. The largest absolute Gasteiger partial charge is 0.493 e. The summed E-state index contributed by atoms with van der Waals surface area (Å²) in [4.78, 5) is -0.153. The molecule has 0 fully saturated rings. The molecule has 1 rings (SSSR count). The van der Waals surface area contributed by atoms with Crippen LogP contribution in [0.2, 0.25) is 0 Å². The van der Waals surface area contributed by atoms with E-state index in [2.05, 4.69) is 4.72 Å². The normalized spacial score (nSPS) is 12.2. The average Bonchev–Trinajstić information content (AvgIpc) is 2.51. The summed E-state index contributed by atoms with van der Waals surface area (Å²) in [6.07, 6.45) is 0. The Morgan fingerprint density at radius 1 is 1.05 bits per heavy atom. The van der Waals surface area contributed by atoms with Crippen molar-refractivity contribution >= 4 is 10.0 Å². The van der Waals surface area contributed by atoms with Gasteiger partial charge in [-0.1, -0.05) is 0 Å². The van der Waals surface area contributed by atoms with E-state index >= 15 is 0 Å². The molecular formula is C12H19NO7S. The molecule has 1 aromatic carbocycles. The molecule has 9 heteroatoms. The highest BCUT2D eigenvalue weighted by molar-refractivity contribution is 7.89. The van der Waals surface area contributed by atoms with Crippen LogP contribution in [-0.2, 0) is 10.0 Å². The minimum absolute atomic E-state index is 0.153. The van der Waals surface area contributed by atoms with E-state index in [0.717, 1.165) is 0 Å². The van der Waals surface area contributed by atoms with E-state index in [-0.39, 0.29) is 10.6 Å². The minimum atomic E-state index is -4.08. The van der Waals surface area contributed by atoms with E-state index in [1.54, 1.807) is 0 Å². The number of sulfonamides is 1. The first kappa shape index (κ1) is 17.7. The Labute approximate surface area is 123 Å². The van der Waals surface area contributed by atoms with Crippen LogP contribution in [0, 0.1) is 0 Å². The predicted octanol–water partition coefficient (Wildman–Crippen LogP) is -1.30. The lowest BCUT2D eigenvalue weighted by molar-refractivity contribution is 0.0582. The van der Waals surface area contributed by atoms with Crippen molar-refractivity contribution in [2.45, 2.75) is 10.4 Å². The highest BCUT2D eigenvalue weighted by Gasteiger charge is 2.34. The highest BCUT2D eigenvalue weighted by Crippen LogP contribution is 2.29. The lowest BCUT2D eigenvalue weighted by Gasteiger charge is -2.28. The van der Waals surface area contributed by atoms with Gasteiger partial charge >= 0.3 is 0 Å². The molecule has 0 unspecified atom stereocenters. The van der Waals surface area contributed by atoms with Gasteiger partial charge in [0.25, 0.3) is 0 Å². The zero-order valence-electron chi connectivity index (χ0n) is 11.7. The first-order chi connectivity index (χ1) is 9.87. The molecule has 1 aromatic rings. The number of methoxy groups -OCH3 is 2. The van der Waals surface area contributed by atoms with Crippen molar-refractivity contribution in [3.63, 3.8) is 0 Å². The van der Waals surface area contributed by atoms with Crippen molar-refractivity contribution in [2.24, 2.45) is 0 Å². The second kappa shape index (κ2) is 7.05. The summed E-state index contributed by atoms with van der Waals surface area (Å²) >= 11 is 0. The standard InChI is InChI=1S/C12H19NO7S/c1-19-10-4-3-9(5-11(10)20-2)21(17,18)13-12(6-14,7-15)8-16/h3-5,13-16H,6-8H2,1-2H3. The number of hydrogen-bond acceptors (Lipinski definition) is 7. The van der Waals surface area contributed by atoms with Gasteiger partial charge < -0.3 is 24.8 Å². The van der Waals surface area contributed by atoms with Crippen molar-refractivity contribution < 1.29 is 33.2 Å². The SMILES string of the molecule is COc1ccc(S(=O)(=O)NC(CO)(CO)CO)cc1OC. The first-order valence-corrected chi connectivity index (χ1v) is 7.45. The van der Waals surface area contributed by atoms with Gasteiger partial charge in [-0.2, -0.15) is 4.72 Å². The van der Waals surface area contributed by atoms with Crippen LogP contribution < -0.4 is 14.2 Å². The molecule has 0 aliphatic rings. The van der Waals surface area contributed by atoms with Gasteiger partial charge in [-0.05, 0) is 12.1 Å². The lowest BCUT2D eigenvalue weighted by Crippen LogP contribution is -2.56. The maximum Gasteiger partial charge on any atom is 0.241 e. The fourth-order valence-corrected chi connectivity index (χ4v) is 2.97. The van der Waals surface area contributed by atoms with Crippen molar-refractivity contribution in [1.29, 1.82) is 0 Å². The zero-order chi connectivity index (χ0) is 16.1. The summed E-state index contributed by atoms with van der Waals surface area (Å²) in [5.41, 5.74) is -1.74. The molecule has 0 amide bonds. The molecule has 120 valence electrons. The van der Waals surface area contributed by atoms with E-state index in [9.17, 15) is 23.7 Å². The van der Waals surface area contributed by atoms with Crippen molar-refractivity contribution in [3.05, 3.63) is 18.2 Å². The average molecular weight is 321 g/mol. The van der Waals surface area contributed by atoms with Crippen LogP contribution in [0.15, 0.2) is 23.1 Å². The molecule has 0 aromatic heterocycles. The highest BCUT2D eigenvalue weighted by atomic mass is 32.2. The number of nitrogens with one attached hydrogen (secondary N) is 1. The Morgan fingerprint density at radius 2 is 1.57 bits per heavy atom. The van der Waals surface area contributed by atoms with E-state index < -0.39 is 35.4 Å². The Bertz CT molecular complexity index is 561. The van der Waals surface area contributed by atoms with Crippen molar-refractivity contribution in [3.8, 4) is 11.5 Å². The van der Waals surface area contributed by atoms with Crippen LogP contribution >= 0.6 is 0 Å². The second-order valence-electron chi connectivity index (χ2n) is 4.38. The van der Waals surface area contributed by atoms with Crippen LogP contribution in [0.3, 0.4) is 0 Å². The van der Waals surface area contributed by atoms with Gasteiger partial charge in [0, 0.05) is 6.07 Å². The first-order valence-electron chi connectivity index (χ1n) is 5.96. The number of benzene rings is 1. The van der Waals surface area contributed by atoms with Gasteiger partial charge in [-0.15, -0.1) is 0 Å². The van der Waals surface area contributed by atoms with E-state index in [4.69, 9.17) is 9.47 Å². The van der Waals surface area contributed by atoms with E-state index in [0.29, 0.717) is 5.75 Å². The molecule has 0 spiro atoms. The van der Waals surface area contributed by atoms with E-state index in [1.165, 1.54) is 32.4 Å². The topological polar surface area (TPSA) is 125 Å². The predicted molar refractivity (Wildman–Crippen MR) is 73.9 cm³/mol. The van der Waals surface area contributed by atoms with Gasteiger partial charge in [-0.3, -0.25) is 0 Å². The van der Waals surface area contributed by atoms with Crippen molar-refractivity contribution in [1.82, 2.24) is 4.72 Å². The maximum absolute atomic E-state index is 12.3. The molecule has 0 saturated carbocycles. The molecule has 21 heavy (non-hydrogen) atoms. The van der Waals surface area contributed by atoms with Crippen LogP contribution in [0.25, 0.3) is 0 Å². The van der Waals surface area contributed by atoms with Crippen LogP contribution in [-0.4, -0.2) is 63.3 Å².